The van der Waals surface area contributed by atoms with Crippen molar-refractivity contribution in [3.05, 3.63) is 28.2 Å². The van der Waals surface area contributed by atoms with Crippen LogP contribution in [0.15, 0.2) is 22.7 Å². The van der Waals surface area contributed by atoms with Gasteiger partial charge in [-0.3, -0.25) is 0 Å². The lowest BCUT2D eigenvalue weighted by atomic mass is 10.2. The molecule has 136 valence electrons. The molecule has 1 rings (SSSR count). The maximum absolute atomic E-state index is 11.5. The number of rotatable bonds is 9. The number of benzene rings is 1. The van der Waals surface area contributed by atoms with Crippen LogP contribution in [-0.2, 0) is 16.0 Å². The van der Waals surface area contributed by atoms with Gasteiger partial charge in [0.25, 0.3) is 0 Å². The number of halogens is 1. The average Bonchev–Trinajstić information content (AvgIpc) is 2.46. The number of amides is 1. The third-order valence-corrected chi connectivity index (χ3v) is 3.24. The van der Waals surface area contributed by atoms with Crippen molar-refractivity contribution in [1.82, 2.24) is 10.6 Å². The molecule has 0 spiro atoms. The molecule has 24 heavy (non-hydrogen) atoms. The number of hydrogen-bond acceptors (Lipinski definition) is 5. The Morgan fingerprint density at radius 1 is 1.17 bits per heavy atom. The van der Waals surface area contributed by atoms with Crippen LogP contribution in [-0.4, -0.2) is 45.1 Å². The van der Waals surface area contributed by atoms with Gasteiger partial charge in [-0.05, 0) is 44.5 Å². The first kappa shape index (κ1) is 20.7. The number of hydrogen-bond donors (Lipinski definition) is 2. The van der Waals surface area contributed by atoms with Crippen molar-refractivity contribution in [1.29, 1.82) is 0 Å². The van der Waals surface area contributed by atoms with Crippen molar-refractivity contribution in [2.24, 2.45) is 0 Å². The molecule has 0 unspecified atom stereocenters. The van der Waals surface area contributed by atoms with E-state index in [9.17, 15) is 4.79 Å². The Labute approximate surface area is 152 Å². The van der Waals surface area contributed by atoms with E-state index in [1.807, 2.05) is 39.0 Å². The maximum atomic E-state index is 11.5. The minimum absolute atomic E-state index is 0.367. The molecule has 1 aromatic rings. The van der Waals surface area contributed by atoms with Crippen LogP contribution < -0.4 is 15.4 Å². The van der Waals surface area contributed by atoms with Gasteiger partial charge < -0.3 is 24.8 Å². The summed E-state index contributed by atoms with van der Waals surface area (Å²) in [7, 11) is 1.68. The number of ether oxygens (including phenoxy) is 3. The van der Waals surface area contributed by atoms with Gasteiger partial charge in [0.1, 0.15) is 18.0 Å². The van der Waals surface area contributed by atoms with Gasteiger partial charge in [-0.25, -0.2) is 4.79 Å². The highest BCUT2D eigenvalue weighted by atomic mass is 79.9. The number of carbonyl (C=O) groups is 1. The third kappa shape index (κ3) is 9.75. The summed E-state index contributed by atoms with van der Waals surface area (Å²) in [5, 5.41) is 5.95. The van der Waals surface area contributed by atoms with E-state index in [0.717, 1.165) is 28.9 Å². The van der Waals surface area contributed by atoms with Gasteiger partial charge in [0.15, 0.2) is 0 Å². The Morgan fingerprint density at radius 2 is 1.92 bits per heavy atom. The number of alkyl carbamates (subject to hydrolysis) is 1. The number of carbonyl (C=O) groups excluding carboxylic acids is 1. The maximum Gasteiger partial charge on any atom is 0.407 e. The fraction of sp³-hybridized carbons (Fsp3) is 0.588. The van der Waals surface area contributed by atoms with Gasteiger partial charge >= 0.3 is 6.09 Å². The monoisotopic (exact) mass is 402 g/mol. The summed E-state index contributed by atoms with van der Waals surface area (Å²) >= 11 is 3.48. The van der Waals surface area contributed by atoms with Crippen molar-refractivity contribution in [2.75, 3.05) is 33.4 Å². The highest BCUT2D eigenvalue weighted by Gasteiger charge is 2.15. The summed E-state index contributed by atoms with van der Waals surface area (Å²) in [6.07, 6.45) is -0.441. The zero-order valence-corrected chi connectivity index (χ0v) is 16.4. The highest BCUT2D eigenvalue weighted by molar-refractivity contribution is 9.10. The topological polar surface area (TPSA) is 68.8 Å². The molecule has 0 bridgehead atoms. The fourth-order valence-corrected chi connectivity index (χ4v) is 2.37. The van der Waals surface area contributed by atoms with Crippen LogP contribution in [0.1, 0.15) is 26.3 Å². The third-order valence-electron chi connectivity index (χ3n) is 2.78. The van der Waals surface area contributed by atoms with E-state index in [1.54, 1.807) is 7.11 Å². The zero-order valence-electron chi connectivity index (χ0n) is 14.8. The van der Waals surface area contributed by atoms with Crippen molar-refractivity contribution >= 4 is 22.0 Å². The Hall–Kier alpha value is -1.31. The molecule has 0 saturated heterocycles. The van der Waals surface area contributed by atoms with Gasteiger partial charge in [-0.2, -0.15) is 0 Å². The van der Waals surface area contributed by atoms with Gasteiger partial charge in [0.2, 0.25) is 0 Å². The minimum Gasteiger partial charge on any atom is -0.492 e. The lowest BCUT2D eigenvalue weighted by Crippen LogP contribution is -2.34. The Morgan fingerprint density at radius 3 is 2.58 bits per heavy atom. The van der Waals surface area contributed by atoms with Gasteiger partial charge in [0.05, 0.1) is 13.2 Å². The first-order valence-corrected chi connectivity index (χ1v) is 8.68. The second-order valence-corrected chi connectivity index (χ2v) is 7.16. The van der Waals surface area contributed by atoms with Crippen LogP contribution in [0.25, 0.3) is 0 Å². The largest absolute Gasteiger partial charge is 0.492 e. The number of nitrogens with one attached hydrogen (secondary N) is 2. The summed E-state index contributed by atoms with van der Waals surface area (Å²) in [6.45, 7) is 8.42. The first-order valence-electron chi connectivity index (χ1n) is 7.89. The molecule has 0 saturated carbocycles. The minimum atomic E-state index is -0.500. The van der Waals surface area contributed by atoms with Crippen LogP contribution in [0.2, 0.25) is 0 Å². The van der Waals surface area contributed by atoms with Crippen molar-refractivity contribution in [3.8, 4) is 5.75 Å². The van der Waals surface area contributed by atoms with Gasteiger partial charge in [-0.1, -0.05) is 15.9 Å². The Balaban J connectivity index is 2.36. The first-order chi connectivity index (χ1) is 11.3. The molecule has 0 aliphatic heterocycles. The molecule has 1 aromatic carbocycles. The van der Waals surface area contributed by atoms with E-state index >= 15 is 0 Å². The van der Waals surface area contributed by atoms with E-state index in [2.05, 4.69) is 26.6 Å². The summed E-state index contributed by atoms with van der Waals surface area (Å²) in [4.78, 5) is 11.5. The molecular formula is C17H27BrN2O4. The summed E-state index contributed by atoms with van der Waals surface area (Å²) in [6, 6.07) is 5.90. The zero-order chi connectivity index (χ0) is 18.0. The standard InChI is InChI=1S/C17H27BrN2O4/c1-17(2,3)24-16(21)20-6-8-23-15-10-13(9-14(18)11-15)12-19-5-7-22-4/h9-11,19H,5-8,12H2,1-4H3,(H,20,21). The second kappa shape index (κ2) is 10.5. The van der Waals surface area contributed by atoms with E-state index in [0.29, 0.717) is 19.8 Å². The van der Waals surface area contributed by atoms with E-state index in [1.165, 1.54) is 0 Å². The summed E-state index contributed by atoms with van der Waals surface area (Å²) < 4.78 is 16.8. The molecule has 0 atom stereocenters. The second-order valence-electron chi connectivity index (χ2n) is 6.24. The van der Waals surface area contributed by atoms with Gasteiger partial charge in [0, 0.05) is 24.7 Å². The van der Waals surface area contributed by atoms with Crippen molar-refractivity contribution < 1.29 is 19.0 Å². The lowest BCUT2D eigenvalue weighted by molar-refractivity contribution is 0.0520. The molecule has 2 N–H and O–H groups in total. The molecule has 0 fully saturated rings. The van der Waals surface area contributed by atoms with E-state index in [4.69, 9.17) is 14.2 Å². The molecule has 6 nitrogen and oxygen atoms in total. The molecular weight excluding hydrogens is 376 g/mol. The van der Waals surface area contributed by atoms with Crippen molar-refractivity contribution in [3.63, 3.8) is 0 Å². The SMILES string of the molecule is COCCNCc1cc(Br)cc(OCCNC(=O)OC(C)(C)C)c1. The number of methoxy groups -OCH3 is 1. The van der Waals surface area contributed by atoms with Crippen LogP contribution >= 0.6 is 15.9 Å². The molecule has 0 aliphatic rings. The summed E-state index contributed by atoms with van der Waals surface area (Å²) in [5.41, 5.74) is 0.607. The summed E-state index contributed by atoms with van der Waals surface area (Å²) in [5.74, 6) is 0.749. The predicted octanol–water partition coefficient (Wildman–Crippen LogP) is 3.09. The van der Waals surface area contributed by atoms with Crippen LogP contribution in [0, 0.1) is 0 Å². The average molecular weight is 403 g/mol. The van der Waals surface area contributed by atoms with Crippen LogP contribution in [0.5, 0.6) is 5.75 Å². The normalized spacial score (nSPS) is 11.2. The molecule has 0 heterocycles. The van der Waals surface area contributed by atoms with Crippen LogP contribution in [0.3, 0.4) is 0 Å². The van der Waals surface area contributed by atoms with Crippen LogP contribution in [0.4, 0.5) is 4.79 Å². The molecule has 7 heteroatoms. The predicted molar refractivity (Wildman–Crippen MR) is 97.5 cm³/mol. The van der Waals surface area contributed by atoms with E-state index < -0.39 is 11.7 Å². The fourth-order valence-electron chi connectivity index (χ4n) is 1.85. The Bertz CT molecular complexity index is 518. The molecule has 0 aromatic heterocycles. The Kier molecular flexibility index (Phi) is 9.10. The van der Waals surface area contributed by atoms with E-state index in [-0.39, 0.29) is 0 Å². The quantitative estimate of drug-likeness (QED) is 0.621. The molecule has 0 radical (unpaired) electrons. The lowest BCUT2D eigenvalue weighted by Gasteiger charge is -2.19. The van der Waals surface area contributed by atoms with Gasteiger partial charge in [-0.15, -0.1) is 0 Å². The van der Waals surface area contributed by atoms with Crippen molar-refractivity contribution in [2.45, 2.75) is 32.9 Å². The molecule has 0 aliphatic carbocycles. The highest BCUT2D eigenvalue weighted by Crippen LogP contribution is 2.21. The molecule has 1 amide bonds. The smallest absolute Gasteiger partial charge is 0.407 e.